The van der Waals surface area contributed by atoms with Crippen molar-refractivity contribution in [3.8, 4) is 0 Å². The van der Waals surface area contributed by atoms with Crippen molar-refractivity contribution in [1.82, 2.24) is 5.32 Å². The predicted molar refractivity (Wildman–Crippen MR) is 30.5 cm³/mol. The minimum absolute atomic E-state index is 0.442. The molecule has 0 saturated carbocycles. The van der Waals surface area contributed by atoms with Gasteiger partial charge >= 0.3 is 0 Å². The van der Waals surface area contributed by atoms with Crippen LogP contribution in [0.25, 0.3) is 0 Å². The zero-order valence-corrected chi connectivity index (χ0v) is 4.89. The Labute approximate surface area is 49.2 Å². The van der Waals surface area contributed by atoms with Crippen LogP contribution < -0.4 is 5.32 Å². The standard InChI is InChI=1S/C6H11NO/c1-2-4-7-6-5(3-1)8-6/h5-7H,1-4H2. The van der Waals surface area contributed by atoms with E-state index in [9.17, 15) is 0 Å². The molecule has 0 aromatic rings. The fraction of sp³-hybridized carbons (Fsp3) is 1.00. The fourth-order valence-corrected chi connectivity index (χ4v) is 1.26. The second-order valence-corrected chi connectivity index (χ2v) is 2.55. The summed E-state index contributed by atoms with van der Waals surface area (Å²) in [7, 11) is 0. The summed E-state index contributed by atoms with van der Waals surface area (Å²) in [5.41, 5.74) is 0. The fourth-order valence-electron chi connectivity index (χ4n) is 1.26. The van der Waals surface area contributed by atoms with Crippen molar-refractivity contribution in [2.45, 2.75) is 31.6 Å². The number of epoxide rings is 1. The van der Waals surface area contributed by atoms with E-state index in [4.69, 9.17) is 4.74 Å². The van der Waals surface area contributed by atoms with E-state index in [-0.39, 0.29) is 0 Å². The summed E-state index contributed by atoms with van der Waals surface area (Å²) >= 11 is 0. The minimum atomic E-state index is 0.442. The molecule has 2 aliphatic heterocycles. The third kappa shape index (κ3) is 0.740. The molecule has 2 aliphatic rings. The van der Waals surface area contributed by atoms with E-state index in [1.54, 1.807) is 0 Å². The number of fused-ring (bicyclic) bond motifs is 1. The van der Waals surface area contributed by atoms with E-state index in [0.717, 1.165) is 6.54 Å². The van der Waals surface area contributed by atoms with E-state index >= 15 is 0 Å². The molecule has 0 amide bonds. The topological polar surface area (TPSA) is 24.6 Å². The van der Waals surface area contributed by atoms with E-state index in [0.29, 0.717) is 12.3 Å². The lowest BCUT2D eigenvalue weighted by atomic mass is 10.2. The normalized spacial score (nSPS) is 45.0. The van der Waals surface area contributed by atoms with Gasteiger partial charge in [-0.3, -0.25) is 5.32 Å². The Morgan fingerprint density at radius 3 is 3.38 bits per heavy atom. The number of nitrogens with one attached hydrogen (secondary N) is 1. The van der Waals surface area contributed by atoms with Gasteiger partial charge in [-0.1, -0.05) is 0 Å². The van der Waals surface area contributed by atoms with Gasteiger partial charge in [0.2, 0.25) is 0 Å². The van der Waals surface area contributed by atoms with Gasteiger partial charge in [0.15, 0.2) is 0 Å². The van der Waals surface area contributed by atoms with Crippen molar-refractivity contribution in [2.24, 2.45) is 0 Å². The maximum atomic E-state index is 5.25. The maximum absolute atomic E-state index is 5.25. The van der Waals surface area contributed by atoms with Crippen LogP contribution in [0.4, 0.5) is 0 Å². The Morgan fingerprint density at radius 2 is 2.38 bits per heavy atom. The quantitative estimate of drug-likeness (QED) is 0.462. The average Bonchev–Trinajstić information content (AvgIpc) is 2.36. The lowest BCUT2D eigenvalue weighted by molar-refractivity contribution is 0.323. The average molecular weight is 113 g/mol. The summed E-state index contributed by atoms with van der Waals surface area (Å²) in [4.78, 5) is 0. The molecule has 8 heavy (non-hydrogen) atoms. The van der Waals surface area contributed by atoms with Gasteiger partial charge in [0.05, 0.1) is 6.10 Å². The monoisotopic (exact) mass is 113 g/mol. The molecular formula is C6H11NO. The third-order valence-corrected chi connectivity index (χ3v) is 1.84. The molecule has 2 saturated heterocycles. The lowest BCUT2D eigenvalue weighted by Crippen LogP contribution is -2.18. The summed E-state index contributed by atoms with van der Waals surface area (Å²) in [6.45, 7) is 1.15. The molecule has 2 heteroatoms. The third-order valence-electron chi connectivity index (χ3n) is 1.84. The van der Waals surface area contributed by atoms with Crippen molar-refractivity contribution < 1.29 is 4.74 Å². The lowest BCUT2D eigenvalue weighted by Gasteiger charge is -1.93. The first-order valence-electron chi connectivity index (χ1n) is 3.36. The molecule has 2 atom stereocenters. The first-order valence-corrected chi connectivity index (χ1v) is 3.36. The van der Waals surface area contributed by atoms with Crippen LogP contribution in [0.15, 0.2) is 0 Å². The zero-order chi connectivity index (χ0) is 5.40. The maximum Gasteiger partial charge on any atom is 0.135 e. The van der Waals surface area contributed by atoms with E-state index in [1.807, 2.05) is 0 Å². The molecule has 0 aromatic carbocycles. The summed E-state index contributed by atoms with van der Waals surface area (Å²) in [6, 6.07) is 0. The SMILES string of the molecule is C1CCC2OC2NC1. The van der Waals surface area contributed by atoms with E-state index < -0.39 is 0 Å². The van der Waals surface area contributed by atoms with E-state index in [1.165, 1.54) is 19.3 Å². The predicted octanol–water partition coefficient (Wildman–Crippen LogP) is 0.485. The molecule has 1 N–H and O–H groups in total. The van der Waals surface area contributed by atoms with Crippen molar-refractivity contribution in [1.29, 1.82) is 0 Å². The number of hydrogen-bond donors (Lipinski definition) is 1. The highest BCUT2D eigenvalue weighted by Gasteiger charge is 2.38. The Bertz CT molecular complexity index is 84.5. The largest absolute Gasteiger partial charge is 0.353 e. The smallest absolute Gasteiger partial charge is 0.135 e. The molecule has 0 aliphatic carbocycles. The number of ether oxygens (including phenoxy) is 1. The van der Waals surface area contributed by atoms with Crippen LogP contribution in [0.3, 0.4) is 0 Å². The van der Waals surface area contributed by atoms with Gasteiger partial charge in [0, 0.05) is 0 Å². The summed E-state index contributed by atoms with van der Waals surface area (Å²) in [5.74, 6) is 0. The molecule has 0 bridgehead atoms. The highest BCUT2D eigenvalue weighted by molar-refractivity contribution is 4.84. The van der Waals surface area contributed by atoms with Gasteiger partial charge in [-0.15, -0.1) is 0 Å². The van der Waals surface area contributed by atoms with Crippen molar-refractivity contribution >= 4 is 0 Å². The van der Waals surface area contributed by atoms with Crippen LogP contribution in [0.5, 0.6) is 0 Å². The Morgan fingerprint density at radius 1 is 1.38 bits per heavy atom. The molecule has 2 heterocycles. The number of rotatable bonds is 0. The van der Waals surface area contributed by atoms with Crippen LogP contribution >= 0.6 is 0 Å². The van der Waals surface area contributed by atoms with Crippen molar-refractivity contribution in [3.63, 3.8) is 0 Å². The molecule has 2 nitrogen and oxygen atoms in total. The van der Waals surface area contributed by atoms with Crippen molar-refractivity contribution in [2.75, 3.05) is 6.54 Å². The van der Waals surface area contributed by atoms with Crippen LogP contribution in [0, 0.1) is 0 Å². The molecule has 2 unspecified atom stereocenters. The second-order valence-electron chi connectivity index (χ2n) is 2.55. The first-order chi connectivity index (χ1) is 3.97. The summed E-state index contributed by atoms with van der Waals surface area (Å²) in [6.07, 6.45) is 4.97. The minimum Gasteiger partial charge on any atom is -0.353 e. The summed E-state index contributed by atoms with van der Waals surface area (Å²) < 4.78 is 5.25. The van der Waals surface area contributed by atoms with Crippen LogP contribution in [-0.2, 0) is 4.74 Å². The van der Waals surface area contributed by atoms with Gasteiger partial charge in [-0.25, -0.2) is 0 Å². The van der Waals surface area contributed by atoms with E-state index in [2.05, 4.69) is 5.32 Å². The molecule has 2 rings (SSSR count). The Hall–Kier alpha value is -0.0800. The Kier molecular flexibility index (Phi) is 1.02. The van der Waals surface area contributed by atoms with Crippen LogP contribution in [0.1, 0.15) is 19.3 Å². The molecule has 0 radical (unpaired) electrons. The van der Waals surface area contributed by atoms with Crippen LogP contribution in [0.2, 0.25) is 0 Å². The molecule has 46 valence electrons. The van der Waals surface area contributed by atoms with Crippen LogP contribution in [-0.4, -0.2) is 18.9 Å². The van der Waals surface area contributed by atoms with Gasteiger partial charge in [-0.05, 0) is 25.8 Å². The van der Waals surface area contributed by atoms with Gasteiger partial charge in [-0.2, -0.15) is 0 Å². The van der Waals surface area contributed by atoms with Crippen molar-refractivity contribution in [3.05, 3.63) is 0 Å². The highest BCUT2D eigenvalue weighted by Crippen LogP contribution is 2.26. The molecule has 2 fully saturated rings. The second kappa shape index (κ2) is 1.71. The van der Waals surface area contributed by atoms with Gasteiger partial charge < -0.3 is 4.74 Å². The first kappa shape index (κ1) is 4.77. The highest BCUT2D eigenvalue weighted by atomic mass is 16.6. The zero-order valence-electron chi connectivity index (χ0n) is 4.89. The molecular weight excluding hydrogens is 102 g/mol. The van der Waals surface area contributed by atoms with Gasteiger partial charge in [0.1, 0.15) is 6.23 Å². The Balaban J connectivity index is 1.89. The number of hydrogen-bond acceptors (Lipinski definition) is 2. The molecule has 0 spiro atoms. The van der Waals surface area contributed by atoms with Gasteiger partial charge in [0.25, 0.3) is 0 Å². The molecule has 0 aromatic heterocycles. The summed E-state index contributed by atoms with van der Waals surface area (Å²) in [5, 5.41) is 3.30.